The topological polar surface area (TPSA) is 70.1 Å². The summed E-state index contributed by atoms with van der Waals surface area (Å²) < 4.78 is 5.35. The molecule has 1 saturated heterocycles. The second-order valence-electron chi connectivity index (χ2n) is 4.22. The zero-order valence-electron chi connectivity index (χ0n) is 10.4. The summed E-state index contributed by atoms with van der Waals surface area (Å²) in [5.41, 5.74) is 0. The second-order valence-corrected chi connectivity index (χ2v) is 4.22. The SMILES string of the molecule is CCN(CC(=O)O)CC(=O)N1CCOC(C)C1. The molecule has 0 aromatic carbocycles. The Morgan fingerprint density at radius 3 is 2.71 bits per heavy atom. The van der Waals surface area contributed by atoms with E-state index in [0.717, 1.165) is 0 Å². The molecule has 1 heterocycles. The van der Waals surface area contributed by atoms with Crippen LogP contribution >= 0.6 is 0 Å². The third kappa shape index (κ3) is 4.70. The van der Waals surface area contributed by atoms with E-state index in [4.69, 9.17) is 9.84 Å². The number of carboxylic acids is 1. The molecule has 1 atom stereocenters. The molecule has 0 aromatic heterocycles. The number of hydrogen-bond donors (Lipinski definition) is 1. The van der Waals surface area contributed by atoms with Crippen molar-refractivity contribution in [2.24, 2.45) is 0 Å². The van der Waals surface area contributed by atoms with Crippen molar-refractivity contribution in [2.75, 3.05) is 39.3 Å². The lowest BCUT2D eigenvalue weighted by Crippen LogP contribution is -2.48. The predicted molar refractivity (Wildman–Crippen MR) is 61.7 cm³/mol. The Kier molecular flexibility index (Phi) is 5.37. The Morgan fingerprint density at radius 1 is 1.47 bits per heavy atom. The highest BCUT2D eigenvalue weighted by Gasteiger charge is 2.23. The number of nitrogens with zero attached hydrogens (tertiary/aromatic N) is 2. The summed E-state index contributed by atoms with van der Waals surface area (Å²) in [5.74, 6) is -0.932. The fourth-order valence-corrected chi connectivity index (χ4v) is 1.81. The van der Waals surface area contributed by atoms with Gasteiger partial charge < -0.3 is 14.7 Å². The van der Waals surface area contributed by atoms with Crippen LogP contribution in [0.4, 0.5) is 0 Å². The molecule has 6 nitrogen and oxygen atoms in total. The van der Waals surface area contributed by atoms with E-state index < -0.39 is 5.97 Å². The van der Waals surface area contributed by atoms with E-state index in [0.29, 0.717) is 26.2 Å². The van der Waals surface area contributed by atoms with Crippen LogP contribution in [-0.4, -0.2) is 72.2 Å². The average Bonchev–Trinajstić information content (AvgIpc) is 2.27. The fourth-order valence-electron chi connectivity index (χ4n) is 1.81. The standard InChI is InChI=1S/C11H20N2O4/c1-3-12(8-11(15)16)7-10(14)13-4-5-17-9(2)6-13/h9H,3-8H2,1-2H3,(H,15,16). The van der Waals surface area contributed by atoms with E-state index in [1.807, 2.05) is 13.8 Å². The number of hydrogen-bond acceptors (Lipinski definition) is 4. The molecule has 1 unspecified atom stereocenters. The molecule has 0 spiro atoms. The van der Waals surface area contributed by atoms with Gasteiger partial charge in [-0.2, -0.15) is 0 Å². The summed E-state index contributed by atoms with van der Waals surface area (Å²) in [6, 6.07) is 0. The van der Waals surface area contributed by atoms with Gasteiger partial charge in [-0.1, -0.05) is 6.92 Å². The molecule has 1 aliphatic rings. The molecule has 1 N–H and O–H groups in total. The zero-order valence-corrected chi connectivity index (χ0v) is 10.4. The smallest absolute Gasteiger partial charge is 0.317 e. The van der Waals surface area contributed by atoms with Gasteiger partial charge in [0.05, 0.1) is 25.8 Å². The first-order valence-corrected chi connectivity index (χ1v) is 5.86. The molecule has 0 bridgehead atoms. The first-order valence-electron chi connectivity index (χ1n) is 5.86. The maximum atomic E-state index is 11.9. The van der Waals surface area contributed by atoms with Crippen LogP contribution in [0.25, 0.3) is 0 Å². The van der Waals surface area contributed by atoms with Crippen molar-refractivity contribution in [2.45, 2.75) is 20.0 Å². The molecule has 98 valence electrons. The Balaban J connectivity index is 2.43. The summed E-state index contributed by atoms with van der Waals surface area (Å²) in [4.78, 5) is 25.9. The number of carboxylic acid groups (broad SMARTS) is 1. The van der Waals surface area contributed by atoms with Crippen LogP contribution in [0, 0.1) is 0 Å². The molecule has 0 radical (unpaired) electrons. The lowest BCUT2D eigenvalue weighted by atomic mass is 10.3. The van der Waals surface area contributed by atoms with Crippen LogP contribution < -0.4 is 0 Å². The number of aliphatic carboxylic acids is 1. The molecule has 1 amide bonds. The van der Waals surface area contributed by atoms with Gasteiger partial charge in [-0.25, -0.2) is 0 Å². The van der Waals surface area contributed by atoms with Gasteiger partial charge in [-0.15, -0.1) is 0 Å². The number of amides is 1. The van der Waals surface area contributed by atoms with Crippen molar-refractivity contribution < 1.29 is 19.4 Å². The van der Waals surface area contributed by atoms with Crippen molar-refractivity contribution in [1.82, 2.24) is 9.80 Å². The van der Waals surface area contributed by atoms with Gasteiger partial charge in [0.1, 0.15) is 0 Å². The molecule has 0 saturated carbocycles. The van der Waals surface area contributed by atoms with Crippen molar-refractivity contribution in [3.8, 4) is 0 Å². The van der Waals surface area contributed by atoms with E-state index in [9.17, 15) is 9.59 Å². The highest BCUT2D eigenvalue weighted by atomic mass is 16.5. The van der Waals surface area contributed by atoms with Crippen LogP contribution in [-0.2, 0) is 14.3 Å². The molecule has 1 fully saturated rings. The minimum absolute atomic E-state index is 0.0248. The van der Waals surface area contributed by atoms with Gasteiger partial charge in [0, 0.05) is 13.1 Å². The first kappa shape index (κ1) is 13.9. The summed E-state index contributed by atoms with van der Waals surface area (Å²) >= 11 is 0. The van der Waals surface area contributed by atoms with Gasteiger partial charge in [0.15, 0.2) is 0 Å². The Bertz CT molecular complexity index is 283. The Labute approximate surface area is 101 Å². The number of rotatable bonds is 5. The van der Waals surface area contributed by atoms with Crippen molar-refractivity contribution >= 4 is 11.9 Å². The highest BCUT2D eigenvalue weighted by molar-refractivity contribution is 5.79. The van der Waals surface area contributed by atoms with E-state index in [1.165, 1.54) is 0 Å². The first-order chi connectivity index (χ1) is 8.02. The molecule has 1 aliphatic heterocycles. The maximum absolute atomic E-state index is 11.9. The summed E-state index contributed by atoms with van der Waals surface area (Å²) in [5, 5.41) is 8.69. The molecule has 17 heavy (non-hydrogen) atoms. The predicted octanol–water partition coefficient (Wildman–Crippen LogP) is -0.360. The molecule has 0 aliphatic carbocycles. The quantitative estimate of drug-likeness (QED) is 0.715. The minimum Gasteiger partial charge on any atom is -0.480 e. The lowest BCUT2D eigenvalue weighted by Gasteiger charge is -2.32. The zero-order chi connectivity index (χ0) is 12.8. The number of carbonyl (C=O) groups excluding carboxylic acids is 1. The van der Waals surface area contributed by atoms with Crippen LogP contribution in [0.3, 0.4) is 0 Å². The van der Waals surface area contributed by atoms with Crippen LogP contribution in [0.1, 0.15) is 13.8 Å². The Hall–Kier alpha value is -1.14. The molecular formula is C11H20N2O4. The van der Waals surface area contributed by atoms with Gasteiger partial charge >= 0.3 is 5.97 Å². The van der Waals surface area contributed by atoms with Crippen LogP contribution in [0.15, 0.2) is 0 Å². The molecule has 1 rings (SSSR count). The third-order valence-electron chi connectivity index (χ3n) is 2.76. The van der Waals surface area contributed by atoms with E-state index in [-0.39, 0.29) is 25.1 Å². The molecule has 6 heteroatoms. The number of morpholine rings is 1. The summed E-state index contributed by atoms with van der Waals surface area (Å²) in [6.45, 7) is 6.12. The van der Waals surface area contributed by atoms with E-state index in [1.54, 1.807) is 9.80 Å². The van der Waals surface area contributed by atoms with Crippen molar-refractivity contribution in [1.29, 1.82) is 0 Å². The van der Waals surface area contributed by atoms with E-state index >= 15 is 0 Å². The maximum Gasteiger partial charge on any atom is 0.317 e. The normalized spacial score (nSPS) is 20.6. The van der Waals surface area contributed by atoms with Gasteiger partial charge in [0.25, 0.3) is 0 Å². The number of carbonyl (C=O) groups is 2. The van der Waals surface area contributed by atoms with Crippen molar-refractivity contribution in [3.05, 3.63) is 0 Å². The number of likely N-dealkylation sites (N-methyl/N-ethyl adjacent to an activating group) is 1. The molecule has 0 aromatic rings. The van der Waals surface area contributed by atoms with E-state index in [2.05, 4.69) is 0 Å². The molecular weight excluding hydrogens is 224 g/mol. The largest absolute Gasteiger partial charge is 0.480 e. The van der Waals surface area contributed by atoms with Crippen LogP contribution in [0.5, 0.6) is 0 Å². The number of ether oxygens (including phenoxy) is 1. The second kappa shape index (κ2) is 6.56. The average molecular weight is 244 g/mol. The lowest BCUT2D eigenvalue weighted by molar-refractivity contribution is -0.142. The minimum atomic E-state index is -0.907. The van der Waals surface area contributed by atoms with Crippen molar-refractivity contribution in [3.63, 3.8) is 0 Å². The monoisotopic (exact) mass is 244 g/mol. The van der Waals surface area contributed by atoms with Gasteiger partial charge in [0.2, 0.25) is 5.91 Å². The van der Waals surface area contributed by atoms with Crippen LogP contribution in [0.2, 0.25) is 0 Å². The highest BCUT2D eigenvalue weighted by Crippen LogP contribution is 2.05. The third-order valence-corrected chi connectivity index (χ3v) is 2.76. The van der Waals surface area contributed by atoms with Gasteiger partial charge in [-0.05, 0) is 13.5 Å². The fraction of sp³-hybridized carbons (Fsp3) is 0.818. The summed E-state index contributed by atoms with van der Waals surface area (Å²) in [7, 11) is 0. The Morgan fingerprint density at radius 2 is 2.18 bits per heavy atom. The van der Waals surface area contributed by atoms with Gasteiger partial charge in [-0.3, -0.25) is 14.5 Å². The summed E-state index contributed by atoms with van der Waals surface area (Å²) in [6.07, 6.45) is 0.0576.